The van der Waals surface area contributed by atoms with E-state index in [1.807, 2.05) is 12.1 Å². The molecule has 1 fully saturated rings. The van der Waals surface area contributed by atoms with E-state index in [4.69, 9.17) is 17.3 Å². The molecule has 0 atom stereocenters. The number of nitrogen functional groups attached to an aromatic ring is 1. The van der Waals surface area contributed by atoms with Crippen LogP contribution in [0.2, 0.25) is 5.02 Å². The number of hydrogen-bond acceptors (Lipinski definition) is 2. The first-order valence-corrected chi connectivity index (χ1v) is 5.42. The summed E-state index contributed by atoms with van der Waals surface area (Å²) in [6.45, 7) is 1.03. The largest absolute Gasteiger partial charge is 0.397 e. The van der Waals surface area contributed by atoms with E-state index in [1.54, 1.807) is 6.07 Å². The Kier molecular flexibility index (Phi) is 2.82. The van der Waals surface area contributed by atoms with Crippen molar-refractivity contribution in [2.24, 2.45) is 5.92 Å². The molecule has 1 saturated carbocycles. The van der Waals surface area contributed by atoms with Crippen LogP contribution in [0.5, 0.6) is 0 Å². The number of nitrogens with two attached hydrogens (primary N) is 1. The van der Waals surface area contributed by atoms with Crippen LogP contribution in [-0.4, -0.2) is 6.54 Å². The van der Waals surface area contributed by atoms with Gasteiger partial charge in [-0.15, -0.1) is 0 Å². The zero-order valence-corrected chi connectivity index (χ0v) is 8.85. The van der Waals surface area contributed by atoms with Crippen molar-refractivity contribution in [1.82, 2.24) is 0 Å². The van der Waals surface area contributed by atoms with Crippen molar-refractivity contribution < 1.29 is 0 Å². The molecule has 2 rings (SSSR count). The molecule has 0 saturated heterocycles. The summed E-state index contributed by atoms with van der Waals surface area (Å²) in [6, 6.07) is 5.59. The second-order valence-electron chi connectivity index (χ2n) is 3.91. The Labute approximate surface area is 89.4 Å². The van der Waals surface area contributed by atoms with Gasteiger partial charge in [0.25, 0.3) is 0 Å². The predicted octanol–water partition coefficient (Wildman–Crippen LogP) is 3.13. The quantitative estimate of drug-likeness (QED) is 0.753. The molecule has 1 aromatic rings. The summed E-state index contributed by atoms with van der Waals surface area (Å²) in [4.78, 5) is 0. The molecule has 0 bridgehead atoms. The van der Waals surface area contributed by atoms with E-state index in [-0.39, 0.29) is 0 Å². The third-order valence-electron chi connectivity index (χ3n) is 2.82. The van der Waals surface area contributed by atoms with E-state index in [2.05, 4.69) is 5.32 Å². The second kappa shape index (κ2) is 4.09. The minimum absolute atomic E-state index is 0.691. The number of nitrogens with one attached hydrogen (secondary N) is 1. The Hall–Kier alpha value is -0.890. The number of halogens is 1. The molecule has 1 aromatic carbocycles. The number of anilines is 2. The minimum atomic E-state index is 0.691. The third-order valence-corrected chi connectivity index (χ3v) is 3.05. The Balaban J connectivity index is 1.94. The molecule has 3 N–H and O–H groups in total. The summed E-state index contributed by atoms with van der Waals surface area (Å²) in [5.74, 6) is 0.838. The minimum Gasteiger partial charge on any atom is -0.397 e. The van der Waals surface area contributed by atoms with Gasteiger partial charge in [0.05, 0.1) is 11.4 Å². The molecule has 0 aliphatic heterocycles. The van der Waals surface area contributed by atoms with Gasteiger partial charge in [0.1, 0.15) is 0 Å². The van der Waals surface area contributed by atoms with E-state index in [0.29, 0.717) is 5.02 Å². The fourth-order valence-corrected chi connectivity index (χ4v) is 1.83. The van der Waals surface area contributed by atoms with E-state index in [9.17, 15) is 0 Å². The highest BCUT2D eigenvalue weighted by Gasteiger charge is 2.16. The molecule has 14 heavy (non-hydrogen) atoms. The van der Waals surface area contributed by atoms with E-state index < -0.39 is 0 Å². The van der Waals surface area contributed by atoms with Crippen molar-refractivity contribution in [3.05, 3.63) is 23.2 Å². The van der Waals surface area contributed by atoms with Gasteiger partial charge in [-0.25, -0.2) is 0 Å². The van der Waals surface area contributed by atoms with Crippen molar-refractivity contribution in [1.29, 1.82) is 0 Å². The fraction of sp³-hybridized carbons (Fsp3) is 0.455. The van der Waals surface area contributed by atoms with Crippen LogP contribution in [-0.2, 0) is 0 Å². The molecule has 2 nitrogen and oxygen atoms in total. The van der Waals surface area contributed by atoms with Crippen LogP contribution in [0.1, 0.15) is 19.3 Å². The summed E-state index contributed by atoms with van der Waals surface area (Å²) in [6.07, 6.45) is 4.07. The van der Waals surface area contributed by atoms with Gasteiger partial charge in [-0.2, -0.15) is 0 Å². The van der Waals surface area contributed by atoms with Crippen molar-refractivity contribution in [3.8, 4) is 0 Å². The van der Waals surface area contributed by atoms with Crippen molar-refractivity contribution in [2.45, 2.75) is 19.3 Å². The van der Waals surface area contributed by atoms with Crippen LogP contribution in [0.15, 0.2) is 18.2 Å². The zero-order valence-electron chi connectivity index (χ0n) is 8.09. The number of benzene rings is 1. The zero-order chi connectivity index (χ0) is 9.97. The van der Waals surface area contributed by atoms with Crippen molar-refractivity contribution in [2.75, 3.05) is 17.6 Å². The molecule has 0 unspecified atom stereocenters. The Morgan fingerprint density at radius 2 is 2.21 bits per heavy atom. The normalized spacial score (nSPS) is 16.4. The lowest BCUT2D eigenvalue weighted by molar-refractivity contribution is 0.333. The lowest BCUT2D eigenvalue weighted by Crippen LogP contribution is -2.21. The second-order valence-corrected chi connectivity index (χ2v) is 4.35. The van der Waals surface area contributed by atoms with Gasteiger partial charge in [-0.3, -0.25) is 0 Å². The highest BCUT2D eigenvalue weighted by atomic mass is 35.5. The van der Waals surface area contributed by atoms with Gasteiger partial charge in [0.15, 0.2) is 0 Å². The van der Waals surface area contributed by atoms with Gasteiger partial charge >= 0.3 is 0 Å². The van der Waals surface area contributed by atoms with E-state index in [0.717, 1.165) is 23.8 Å². The summed E-state index contributed by atoms with van der Waals surface area (Å²) >= 11 is 5.81. The molecular formula is C11H15ClN2. The fourth-order valence-electron chi connectivity index (χ4n) is 1.65. The van der Waals surface area contributed by atoms with Crippen LogP contribution in [0.3, 0.4) is 0 Å². The average molecular weight is 211 g/mol. The first-order chi connectivity index (χ1) is 6.75. The predicted molar refractivity (Wildman–Crippen MR) is 61.7 cm³/mol. The van der Waals surface area contributed by atoms with Crippen LogP contribution in [0.25, 0.3) is 0 Å². The molecule has 0 heterocycles. The van der Waals surface area contributed by atoms with E-state index >= 15 is 0 Å². The molecule has 1 aliphatic rings. The topological polar surface area (TPSA) is 38.0 Å². The smallest absolute Gasteiger partial charge is 0.0575 e. The standard InChI is InChI=1S/C11H15ClN2/c12-9-4-5-11(10(13)6-9)14-7-8-2-1-3-8/h4-6,8,14H,1-3,7,13H2. The van der Waals surface area contributed by atoms with Crippen LogP contribution >= 0.6 is 11.6 Å². The first kappa shape index (κ1) is 9.66. The maximum absolute atomic E-state index is 5.82. The summed E-state index contributed by atoms with van der Waals surface area (Å²) < 4.78 is 0. The Morgan fingerprint density at radius 1 is 1.43 bits per heavy atom. The van der Waals surface area contributed by atoms with Crippen LogP contribution < -0.4 is 11.1 Å². The molecule has 1 aliphatic carbocycles. The van der Waals surface area contributed by atoms with Gasteiger partial charge < -0.3 is 11.1 Å². The van der Waals surface area contributed by atoms with Crippen LogP contribution in [0, 0.1) is 5.92 Å². The summed E-state index contributed by atoms with van der Waals surface area (Å²) in [5, 5.41) is 4.05. The summed E-state index contributed by atoms with van der Waals surface area (Å²) in [7, 11) is 0. The van der Waals surface area contributed by atoms with E-state index in [1.165, 1.54) is 19.3 Å². The lowest BCUT2D eigenvalue weighted by atomic mass is 9.85. The number of hydrogen-bond donors (Lipinski definition) is 2. The highest BCUT2D eigenvalue weighted by Crippen LogP contribution is 2.28. The van der Waals surface area contributed by atoms with Gasteiger partial charge in [0.2, 0.25) is 0 Å². The van der Waals surface area contributed by atoms with Gasteiger partial charge in [0, 0.05) is 11.6 Å². The van der Waals surface area contributed by atoms with Crippen LogP contribution in [0.4, 0.5) is 11.4 Å². The van der Waals surface area contributed by atoms with Gasteiger partial charge in [-0.05, 0) is 37.0 Å². The molecule has 0 spiro atoms. The lowest BCUT2D eigenvalue weighted by Gasteiger charge is -2.26. The average Bonchev–Trinajstić information content (AvgIpc) is 2.05. The Bertz CT molecular complexity index is 321. The van der Waals surface area contributed by atoms with Crippen molar-refractivity contribution >= 4 is 23.0 Å². The molecule has 0 radical (unpaired) electrons. The summed E-state index contributed by atoms with van der Waals surface area (Å²) in [5.41, 5.74) is 7.55. The molecule has 0 amide bonds. The maximum Gasteiger partial charge on any atom is 0.0575 e. The molecule has 3 heteroatoms. The molecule has 0 aromatic heterocycles. The van der Waals surface area contributed by atoms with Gasteiger partial charge in [-0.1, -0.05) is 18.0 Å². The maximum atomic E-state index is 5.82. The first-order valence-electron chi connectivity index (χ1n) is 5.04. The SMILES string of the molecule is Nc1cc(Cl)ccc1NCC1CCC1. The van der Waals surface area contributed by atoms with Crippen molar-refractivity contribution in [3.63, 3.8) is 0 Å². The highest BCUT2D eigenvalue weighted by molar-refractivity contribution is 6.31. The third kappa shape index (κ3) is 2.13. The number of rotatable bonds is 3. The molecule has 76 valence electrons. The Morgan fingerprint density at radius 3 is 2.79 bits per heavy atom. The monoisotopic (exact) mass is 210 g/mol. The molecular weight excluding hydrogens is 196 g/mol.